The van der Waals surface area contributed by atoms with Crippen LogP contribution in [-0.4, -0.2) is 11.0 Å². The zero-order valence-corrected chi connectivity index (χ0v) is 9.45. The van der Waals surface area contributed by atoms with Crippen LogP contribution in [0.5, 0.6) is 0 Å². The minimum atomic E-state index is 0.739. The minimum Gasteiger partial charge on any atom is -0.310 e. The summed E-state index contributed by atoms with van der Waals surface area (Å²) in [5.41, 5.74) is 1.34. The molecule has 15 heavy (non-hydrogen) atoms. The summed E-state index contributed by atoms with van der Waals surface area (Å²) in [4.78, 5) is 4.03. The fourth-order valence-corrected chi connectivity index (χ4v) is 2.54. The second-order valence-corrected chi connectivity index (χ2v) is 4.44. The molecular formula is C13H20N2. The van der Waals surface area contributed by atoms with Gasteiger partial charge in [-0.3, -0.25) is 4.98 Å². The first kappa shape index (κ1) is 10.6. The van der Waals surface area contributed by atoms with Crippen LogP contribution in [0.1, 0.15) is 38.2 Å². The normalized spacial score (nSPS) is 25.7. The quantitative estimate of drug-likeness (QED) is 0.815. The van der Waals surface area contributed by atoms with Crippen LogP contribution in [0.15, 0.2) is 24.5 Å². The monoisotopic (exact) mass is 204 g/mol. The Hall–Kier alpha value is -0.890. The molecule has 1 saturated carbocycles. The molecule has 1 heterocycles. The van der Waals surface area contributed by atoms with E-state index in [0.717, 1.165) is 18.5 Å². The van der Waals surface area contributed by atoms with Crippen molar-refractivity contribution in [3.8, 4) is 0 Å². The number of nitrogens with one attached hydrogen (secondary N) is 1. The minimum absolute atomic E-state index is 0.739. The molecule has 2 rings (SSSR count). The summed E-state index contributed by atoms with van der Waals surface area (Å²) in [5.74, 6) is 0.895. The first-order chi connectivity index (χ1) is 7.40. The van der Waals surface area contributed by atoms with E-state index in [0.29, 0.717) is 0 Å². The van der Waals surface area contributed by atoms with E-state index in [9.17, 15) is 0 Å². The molecular weight excluding hydrogens is 184 g/mol. The van der Waals surface area contributed by atoms with Crippen LogP contribution in [0, 0.1) is 5.92 Å². The molecule has 0 amide bonds. The first-order valence-corrected chi connectivity index (χ1v) is 6.02. The van der Waals surface area contributed by atoms with Crippen molar-refractivity contribution in [2.75, 3.05) is 0 Å². The standard InChI is InChI=1S/C13H20N2/c1-2-12-4-3-5-13(12)15-10-11-6-8-14-9-7-11/h6-9,12-13,15H,2-5,10H2,1H3. The summed E-state index contributed by atoms with van der Waals surface area (Å²) in [7, 11) is 0. The van der Waals surface area contributed by atoms with Gasteiger partial charge >= 0.3 is 0 Å². The van der Waals surface area contributed by atoms with E-state index in [2.05, 4.69) is 29.4 Å². The number of rotatable bonds is 4. The number of aromatic nitrogens is 1. The highest BCUT2D eigenvalue weighted by atomic mass is 14.9. The fraction of sp³-hybridized carbons (Fsp3) is 0.615. The average Bonchev–Trinajstić information content (AvgIpc) is 2.75. The van der Waals surface area contributed by atoms with Gasteiger partial charge in [-0.15, -0.1) is 0 Å². The molecule has 2 nitrogen and oxygen atoms in total. The summed E-state index contributed by atoms with van der Waals surface area (Å²) < 4.78 is 0. The average molecular weight is 204 g/mol. The molecule has 1 aromatic rings. The highest BCUT2D eigenvalue weighted by Gasteiger charge is 2.24. The molecule has 1 aliphatic carbocycles. The summed E-state index contributed by atoms with van der Waals surface area (Å²) >= 11 is 0. The molecule has 2 heteroatoms. The largest absolute Gasteiger partial charge is 0.310 e. The second-order valence-electron chi connectivity index (χ2n) is 4.44. The van der Waals surface area contributed by atoms with E-state index in [1.54, 1.807) is 0 Å². The number of hydrogen-bond acceptors (Lipinski definition) is 2. The molecule has 0 saturated heterocycles. The fourth-order valence-electron chi connectivity index (χ4n) is 2.54. The van der Waals surface area contributed by atoms with Crippen molar-refractivity contribution in [2.45, 2.75) is 45.2 Å². The van der Waals surface area contributed by atoms with Crippen LogP contribution >= 0.6 is 0 Å². The Morgan fingerprint density at radius 2 is 2.13 bits per heavy atom. The Labute approximate surface area is 92.1 Å². The summed E-state index contributed by atoms with van der Waals surface area (Å²) in [6, 6.07) is 4.91. The van der Waals surface area contributed by atoms with Crippen LogP contribution < -0.4 is 5.32 Å². The maximum Gasteiger partial charge on any atom is 0.0271 e. The van der Waals surface area contributed by atoms with Gasteiger partial charge in [0.15, 0.2) is 0 Å². The van der Waals surface area contributed by atoms with Gasteiger partial charge in [0, 0.05) is 25.0 Å². The van der Waals surface area contributed by atoms with Crippen molar-refractivity contribution in [1.82, 2.24) is 10.3 Å². The number of nitrogens with zero attached hydrogens (tertiary/aromatic N) is 1. The molecule has 1 aliphatic rings. The van der Waals surface area contributed by atoms with Crippen LogP contribution in [0.3, 0.4) is 0 Å². The maximum absolute atomic E-state index is 4.03. The van der Waals surface area contributed by atoms with Gasteiger partial charge in [0.05, 0.1) is 0 Å². The lowest BCUT2D eigenvalue weighted by Gasteiger charge is -2.19. The van der Waals surface area contributed by atoms with Crippen molar-refractivity contribution in [2.24, 2.45) is 5.92 Å². The van der Waals surface area contributed by atoms with Gasteiger partial charge in [-0.25, -0.2) is 0 Å². The molecule has 0 aromatic carbocycles. The highest BCUT2D eigenvalue weighted by molar-refractivity contribution is 5.09. The number of pyridine rings is 1. The van der Waals surface area contributed by atoms with Crippen molar-refractivity contribution >= 4 is 0 Å². The lowest BCUT2D eigenvalue weighted by Crippen LogP contribution is -2.31. The predicted octanol–water partition coefficient (Wildman–Crippen LogP) is 2.75. The summed E-state index contributed by atoms with van der Waals surface area (Å²) in [5, 5.41) is 3.67. The zero-order valence-electron chi connectivity index (χ0n) is 9.45. The molecule has 82 valence electrons. The van der Waals surface area contributed by atoms with Crippen molar-refractivity contribution in [3.63, 3.8) is 0 Å². The Balaban J connectivity index is 1.83. The maximum atomic E-state index is 4.03. The Morgan fingerprint density at radius 3 is 2.87 bits per heavy atom. The Morgan fingerprint density at radius 1 is 1.33 bits per heavy atom. The second kappa shape index (κ2) is 5.26. The third kappa shape index (κ3) is 2.78. The van der Waals surface area contributed by atoms with Crippen LogP contribution in [0.25, 0.3) is 0 Å². The Kier molecular flexibility index (Phi) is 3.73. The SMILES string of the molecule is CCC1CCCC1NCc1ccncc1. The van der Waals surface area contributed by atoms with Gasteiger partial charge in [0.2, 0.25) is 0 Å². The van der Waals surface area contributed by atoms with Crippen molar-refractivity contribution in [1.29, 1.82) is 0 Å². The smallest absolute Gasteiger partial charge is 0.0271 e. The molecule has 2 atom stereocenters. The Bertz CT molecular complexity index is 284. The predicted molar refractivity (Wildman–Crippen MR) is 62.5 cm³/mol. The molecule has 1 fully saturated rings. The van der Waals surface area contributed by atoms with Gasteiger partial charge < -0.3 is 5.32 Å². The molecule has 0 radical (unpaired) electrons. The third-order valence-corrected chi connectivity index (χ3v) is 3.50. The van der Waals surface area contributed by atoms with E-state index in [1.165, 1.54) is 31.2 Å². The van der Waals surface area contributed by atoms with E-state index in [4.69, 9.17) is 0 Å². The first-order valence-electron chi connectivity index (χ1n) is 6.02. The topological polar surface area (TPSA) is 24.9 Å². The molecule has 0 bridgehead atoms. The molecule has 2 unspecified atom stereocenters. The van der Waals surface area contributed by atoms with Crippen molar-refractivity contribution in [3.05, 3.63) is 30.1 Å². The van der Waals surface area contributed by atoms with E-state index < -0.39 is 0 Å². The van der Waals surface area contributed by atoms with Gasteiger partial charge in [0.1, 0.15) is 0 Å². The van der Waals surface area contributed by atoms with E-state index in [-0.39, 0.29) is 0 Å². The summed E-state index contributed by atoms with van der Waals surface area (Å²) in [6.45, 7) is 3.29. The lowest BCUT2D eigenvalue weighted by molar-refractivity contribution is 0.389. The lowest BCUT2D eigenvalue weighted by atomic mass is 10.0. The van der Waals surface area contributed by atoms with Crippen LogP contribution in [-0.2, 0) is 6.54 Å². The van der Waals surface area contributed by atoms with Gasteiger partial charge in [-0.05, 0) is 36.5 Å². The molecule has 1 aromatic heterocycles. The number of hydrogen-bond donors (Lipinski definition) is 1. The molecule has 0 spiro atoms. The summed E-state index contributed by atoms with van der Waals surface area (Å²) in [6.07, 6.45) is 9.20. The van der Waals surface area contributed by atoms with Crippen molar-refractivity contribution < 1.29 is 0 Å². The van der Waals surface area contributed by atoms with Gasteiger partial charge in [0.25, 0.3) is 0 Å². The van der Waals surface area contributed by atoms with Crippen LogP contribution in [0.2, 0.25) is 0 Å². The molecule has 0 aliphatic heterocycles. The van der Waals surface area contributed by atoms with E-state index >= 15 is 0 Å². The van der Waals surface area contributed by atoms with Gasteiger partial charge in [-0.2, -0.15) is 0 Å². The third-order valence-electron chi connectivity index (χ3n) is 3.50. The zero-order chi connectivity index (χ0) is 10.5. The van der Waals surface area contributed by atoms with E-state index in [1.807, 2.05) is 12.4 Å². The highest BCUT2D eigenvalue weighted by Crippen LogP contribution is 2.28. The van der Waals surface area contributed by atoms with Gasteiger partial charge in [-0.1, -0.05) is 19.8 Å². The molecule has 1 N–H and O–H groups in total. The van der Waals surface area contributed by atoms with Crippen LogP contribution in [0.4, 0.5) is 0 Å².